The molecular formula is C20H15FN4O3. The Morgan fingerprint density at radius 1 is 1.21 bits per heavy atom. The summed E-state index contributed by atoms with van der Waals surface area (Å²) in [4.78, 5) is 32.7. The number of benzene rings is 2. The van der Waals surface area contributed by atoms with E-state index in [0.717, 1.165) is 0 Å². The number of anilines is 2. The third-order valence-corrected chi connectivity index (χ3v) is 4.23. The predicted molar refractivity (Wildman–Crippen MR) is 99.6 cm³/mol. The van der Waals surface area contributed by atoms with Crippen LogP contribution in [-0.2, 0) is 9.59 Å². The van der Waals surface area contributed by atoms with Gasteiger partial charge in [0.15, 0.2) is 0 Å². The first-order valence-corrected chi connectivity index (χ1v) is 8.52. The van der Waals surface area contributed by atoms with Gasteiger partial charge in [-0.15, -0.1) is 0 Å². The van der Waals surface area contributed by atoms with Gasteiger partial charge in [-0.05, 0) is 29.8 Å². The molecule has 1 aromatic heterocycles. The summed E-state index contributed by atoms with van der Waals surface area (Å²) in [6, 6.07) is 10.8. The Labute approximate surface area is 159 Å². The summed E-state index contributed by atoms with van der Waals surface area (Å²) in [6.45, 7) is 0. The van der Waals surface area contributed by atoms with E-state index in [2.05, 4.69) is 20.6 Å². The van der Waals surface area contributed by atoms with Gasteiger partial charge in [0.25, 0.3) is 0 Å². The number of nitrogens with zero attached hydrogens (tertiary/aromatic N) is 2. The van der Waals surface area contributed by atoms with E-state index >= 15 is 0 Å². The average Bonchev–Trinajstić information content (AvgIpc) is 2.68. The molecule has 0 saturated heterocycles. The van der Waals surface area contributed by atoms with Crippen molar-refractivity contribution >= 4 is 23.2 Å². The van der Waals surface area contributed by atoms with Gasteiger partial charge < -0.3 is 15.4 Å². The number of hydrogen-bond donors (Lipinski definition) is 2. The van der Waals surface area contributed by atoms with Crippen LogP contribution in [0.4, 0.5) is 15.8 Å². The standard InChI is InChI=1S/C20H15FN4O3/c21-12-4-5-15-16(10-18(26)25-17(15)8-12)20(27)24-13-2-1-3-14(9-13)28-19-11-22-6-7-23-19/h1-9,11,16H,10H2,(H,24,27)(H,25,26). The van der Waals surface area contributed by atoms with E-state index in [1.54, 1.807) is 24.3 Å². The number of carbonyl (C=O) groups excluding carboxylic acids is 2. The fraction of sp³-hybridized carbons (Fsp3) is 0.100. The molecule has 0 fully saturated rings. The third kappa shape index (κ3) is 3.80. The highest BCUT2D eigenvalue weighted by atomic mass is 19.1. The van der Waals surface area contributed by atoms with Crippen LogP contribution in [0.5, 0.6) is 11.6 Å². The highest BCUT2D eigenvalue weighted by molar-refractivity contribution is 6.05. The van der Waals surface area contributed by atoms with E-state index < -0.39 is 11.7 Å². The Morgan fingerprint density at radius 2 is 2.11 bits per heavy atom. The minimum absolute atomic E-state index is 0.0136. The zero-order valence-corrected chi connectivity index (χ0v) is 14.6. The summed E-state index contributed by atoms with van der Waals surface area (Å²) in [6.07, 6.45) is 4.51. The number of halogens is 1. The fourth-order valence-electron chi connectivity index (χ4n) is 3.00. The van der Waals surface area contributed by atoms with Crippen LogP contribution in [0.25, 0.3) is 0 Å². The first kappa shape index (κ1) is 17.6. The van der Waals surface area contributed by atoms with Crippen LogP contribution in [0.2, 0.25) is 0 Å². The Balaban J connectivity index is 1.53. The molecule has 28 heavy (non-hydrogen) atoms. The van der Waals surface area contributed by atoms with E-state index in [0.29, 0.717) is 28.6 Å². The van der Waals surface area contributed by atoms with Crippen molar-refractivity contribution in [3.8, 4) is 11.6 Å². The number of aromatic nitrogens is 2. The van der Waals surface area contributed by atoms with Gasteiger partial charge in [0.2, 0.25) is 17.7 Å². The molecule has 2 heterocycles. The fourth-order valence-corrected chi connectivity index (χ4v) is 3.00. The first-order chi connectivity index (χ1) is 13.6. The summed E-state index contributed by atoms with van der Waals surface area (Å²) in [5, 5.41) is 5.38. The third-order valence-electron chi connectivity index (χ3n) is 4.23. The average molecular weight is 378 g/mol. The smallest absolute Gasteiger partial charge is 0.237 e. The molecule has 2 N–H and O–H groups in total. The lowest BCUT2D eigenvalue weighted by atomic mass is 9.89. The summed E-state index contributed by atoms with van der Waals surface area (Å²) >= 11 is 0. The van der Waals surface area contributed by atoms with Gasteiger partial charge in [-0.2, -0.15) is 0 Å². The molecule has 8 heteroatoms. The lowest BCUT2D eigenvalue weighted by molar-refractivity contribution is -0.123. The van der Waals surface area contributed by atoms with Crippen molar-refractivity contribution in [1.82, 2.24) is 9.97 Å². The number of rotatable bonds is 4. The van der Waals surface area contributed by atoms with E-state index in [1.807, 2.05) is 0 Å². The first-order valence-electron chi connectivity index (χ1n) is 8.52. The van der Waals surface area contributed by atoms with Crippen molar-refractivity contribution in [2.24, 2.45) is 0 Å². The van der Waals surface area contributed by atoms with Gasteiger partial charge in [0.1, 0.15) is 11.6 Å². The van der Waals surface area contributed by atoms with Gasteiger partial charge in [-0.25, -0.2) is 9.37 Å². The zero-order valence-electron chi connectivity index (χ0n) is 14.6. The predicted octanol–water partition coefficient (Wildman–Crippen LogP) is 3.47. The highest BCUT2D eigenvalue weighted by Crippen LogP contribution is 2.34. The van der Waals surface area contributed by atoms with Crippen molar-refractivity contribution < 1.29 is 18.7 Å². The molecule has 1 atom stereocenters. The molecule has 2 amide bonds. The Hall–Kier alpha value is -3.81. The van der Waals surface area contributed by atoms with Crippen LogP contribution in [0.15, 0.2) is 61.1 Å². The lowest BCUT2D eigenvalue weighted by Crippen LogP contribution is -2.30. The van der Waals surface area contributed by atoms with Gasteiger partial charge in [-0.1, -0.05) is 12.1 Å². The molecule has 140 valence electrons. The van der Waals surface area contributed by atoms with Crippen LogP contribution in [0.1, 0.15) is 17.9 Å². The normalized spacial score (nSPS) is 15.3. The highest BCUT2D eigenvalue weighted by Gasteiger charge is 2.31. The Morgan fingerprint density at radius 3 is 2.93 bits per heavy atom. The van der Waals surface area contributed by atoms with Crippen LogP contribution in [0, 0.1) is 5.82 Å². The molecule has 0 aliphatic carbocycles. The van der Waals surface area contributed by atoms with Crippen LogP contribution < -0.4 is 15.4 Å². The quantitative estimate of drug-likeness (QED) is 0.725. The second kappa shape index (κ2) is 7.43. The van der Waals surface area contributed by atoms with Crippen molar-refractivity contribution in [1.29, 1.82) is 0 Å². The van der Waals surface area contributed by atoms with E-state index in [9.17, 15) is 14.0 Å². The molecule has 1 aliphatic heterocycles. The molecule has 7 nitrogen and oxygen atoms in total. The van der Waals surface area contributed by atoms with Gasteiger partial charge in [0, 0.05) is 36.3 Å². The largest absolute Gasteiger partial charge is 0.437 e. The molecule has 1 aliphatic rings. The molecule has 0 radical (unpaired) electrons. The van der Waals surface area contributed by atoms with Gasteiger partial charge in [0.05, 0.1) is 12.1 Å². The summed E-state index contributed by atoms with van der Waals surface area (Å²) in [7, 11) is 0. The number of nitrogens with one attached hydrogen (secondary N) is 2. The maximum atomic E-state index is 13.4. The van der Waals surface area contributed by atoms with Crippen molar-refractivity contribution in [3.05, 3.63) is 72.4 Å². The number of hydrogen-bond acceptors (Lipinski definition) is 5. The van der Waals surface area contributed by atoms with Crippen molar-refractivity contribution in [3.63, 3.8) is 0 Å². The lowest BCUT2D eigenvalue weighted by Gasteiger charge is -2.25. The summed E-state index contributed by atoms with van der Waals surface area (Å²) < 4.78 is 19.0. The summed E-state index contributed by atoms with van der Waals surface area (Å²) in [5.74, 6) is -1.09. The van der Waals surface area contributed by atoms with Gasteiger partial charge >= 0.3 is 0 Å². The number of ether oxygens (including phenoxy) is 1. The maximum Gasteiger partial charge on any atom is 0.237 e. The van der Waals surface area contributed by atoms with Crippen molar-refractivity contribution in [2.45, 2.75) is 12.3 Å². The number of fused-ring (bicyclic) bond motifs is 1. The molecule has 2 aromatic carbocycles. The molecular weight excluding hydrogens is 363 g/mol. The monoisotopic (exact) mass is 378 g/mol. The zero-order chi connectivity index (χ0) is 19.5. The molecule has 1 unspecified atom stereocenters. The second-order valence-electron chi connectivity index (χ2n) is 6.20. The second-order valence-corrected chi connectivity index (χ2v) is 6.20. The summed E-state index contributed by atoms with van der Waals surface area (Å²) in [5.41, 5.74) is 1.39. The van der Waals surface area contributed by atoms with Crippen LogP contribution in [-0.4, -0.2) is 21.8 Å². The maximum absolute atomic E-state index is 13.4. The van der Waals surface area contributed by atoms with E-state index in [1.165, 1.54) is 36.8 Å². The number of carbonyl (C=O) groups is 2. The topological polar surface area (TPSA) is 93.2 Å². The van der Waals surface area contributed by atoms with Gasteiger partial charge in [-0.3, -0.25) is 14.6 Å². The van der Waals surface area contributed by atoms with Crippen molar-refractivity contribution in [2.75, 3.05) is 10.6 Å². The van der Waals surface area contributed by atoms with E-state index in [-0.39, 0.29) is 18.2 Å². The van der Waals surface area contributed by atoms with Crippen LogP contribution >= 0.6 is 0 Å². The Kier molecular flexibility index (Phi) is 4.67. The molecule has 0 spiro atoms. The molecule has 3 aromatic rings. The van der Waals surface area contributed by atoms with Crippen LogP contribution in [0.3, 0.4) is 0 Å². The molecule has 0 saturated carbocycles. The minimum Gasteiger partial charge on any atom is -0.437 e. The minimum atomic E-state index is -0.714. The molecule has 0 bridgehead atoms. The van der Waals surface area contributed by atoms with E-state index in [4.69, 9.17) is 4.74 Å². The Bertz CT molecular complexity index is 1040. The molecule has 4 rings (SSSR count). The number of amides is 2. The SMILES string of the molecule is O=C1CC(C(=O)Nc2cccc(Oc3cnccn3)c2)c2ccc(F)cc2N1.